The lowest BCUT2D eigenvalue weighted by Gasteiger charge is -2.27. The molecule has 3 aliphatic rings. The van der Waals surface area contributed by atoms with Gasteiger partial charge in [0.15, 0.2) is 5.78 Å². The summed E-state index contributed by atoms with van der Waals surface area (Å²) in [5, 5.41) is 8.51. The van der Waals surface area contributed by atoms with Crippen LogP contribution in [0.25, 0.3) is 22.0 Å². The van der Waals surface area contributed by atoms with Gasteiger partial charge in [0.2, 0.25) is 11.8 Å². The molecular formula is C38H46BrN7O4. The molecule has 50 heavy (non-hydrogen) atoms. The summed E-state index contributed by atoms with van der Waals surface area (Å²) in [6.07, 6.45) is 13.4. The minimum atomic E-state index is -0.683. The van der Waals surface area contributed by atoms with Gasteiger partial charge in [-0.1, -0.05) is 38.2 Å². The van der Waals surface area contributed by atoms with Crippen LogP contribution < -0.4 is 5.32 Å². The lowest BCUT2D eigenvalue weighted by atomic mass is 9.96. The average Bonchev–Trinajstić information content (AvgIpc) is 3.49. The number of benzene rings is 1. The van der Waals surface area contributed by atoms with E-state index in [0.717, 1.165) is 72.7 Å². The number of rotatable bonds is 4. The molecule has 1 N–H and O–H groups in total. The highest BCUT2D eigenvalue weighted by Crippen LogP contribution is 2.60. The van der Waals surface area contributed by atoms with Gasteiger partial charge in [0, 0.05) is 49.8 Å². The molecule has 2 fully saturated rings. The normalized spacial score (nSPS) is 23.1. The summed E-state index contributed by atoms with van der Waals surface area (Å²) in [4.78, 5) is 56.6. The molecule has 11 nitrogen and oxygen atoms in total. The van der Waals surface area contributed by atoms with Crippen molar-refractivity contribution < 1.29 is 20.5 Å². The SMILES string of the molecule is CC(=O)c1nn2c3c(cc(-c4cnc(C)nc4)cc13)CCCCCCCCCOC[C@@]13C[C@@H](C(=O)Nc4nc(Br)ccc4C)N(C(=O)C2)[C@@H]1C3.[HH]. The molecule has 12 heteroatoms. The van der Waals surface area contributed by atoms with Crippen molar-refractivity contribution in [1.29, 1.82) is 0 Å². The molecule has 2 bridgehead atoms. The van der Waals surface area contributed by atoms with E-state index in [1.807, 2.05) is 32.0 Å². The van der Waals surface area contributed by atoms with Crippen LogP contribution in [-0.2, 0) is 27.3 Å². The van der Waals surface area contributed by atoms with Gasteiger partial charge in [-0.2, -0.15) is 5.10 Å². The first-order valence-corrected chi connectivity index (χ1v) is 18.6. The smallest absolute Gasteiger partial charge is 0.248 e. The van der Waals surface area contributed by atoms with E-state index < -0.39 is 6.04 Å². The molecule has 2 amide bonds. The van der Waals surface area contributed by atoms with Gasteiger partial charge in [0.25, 0.3) is 0 Å². The highest BCUT2D eigenvalue weighted by Gasteiger charge is 2.67. The summed E-state index contributed by atoms with van der Waals surface area (Å²) in [6.45, 7) is 6.37. The molecular weight excluding hydrogens is 698 g/mol. The summed E-state index contributed by atoms with van der Waals surface area (Å²) in [6, 6.07) is 7.03. The topological polar surface area (TPSA) is 132 Å². The zero-order valence-corrected chi connectivity index (χ0v) is 30.6. The van der Waals surface area contributed by atoms with E-state index in [1.165, 1.54) is 19.8 Å². The van der Waals surface area contributed by atoms with Crippen molar-refractivity contribution in [3.8, 4) is 11.1 Å². The molecule has 5 heterocycles. The maximum Gasteiger partial charge on any atom is 0.248 e. The maximum absolute atomic E-state index is 14.5. The van der Waals surface area contributed by atoms with E-state index in [2.05, 4.69) is 42.3 Å². The monoisotopic (exact) mass is 743 g/mol. The third kappa shape index (κ3) is 6.96. The van der Waals surface area contributed by atoms with Crippen molar-refractivity contribution in [2.75, 3.05) is 18.5 Å². The van der Waals surface area contributed by atoms with Gasteiger partial charge < -0.3 is 15.0 Å². The number of nitrogens with zero attached hydrogens (tertiary/aromatic N) is 6. The third-order valence-corrected chi connectivity index (χ3v) is 11.0. The average molecular weight is 745 g/mol. The van der Waals surface area contributed by atoms with Crippen molar-refractivity contribution in [1.82, 2.24) is 29.6 Å². The molecule has 1 aliphatic carbocycles. The summed E-state index contributed by atoms with van der Waals surface area (Å²) in [7, 11) is 0. The minimum absolute atomic E-state index is 0. The number of hydrogen-bond acceptors (Lipinski definition) is 8. The first-order chi connectivity index (χ1) is 24.1. The second-order valence-electron chi connectivity index (χ2n) is 14.3. The zero-order chi connectivity index (χ0) is 35.0. The van der Waals surface area contributed by atoms with Crippen molar-refractivity contribution in [3.05, 3.63) is 63.9 Å². The molecule has 3 atom stereocenters. The Labute approximate surface area is 302 Å². The molecule has 264 valence electrons. The number of piperidine rings is 1. The number of ether oxygens (including phenoxy) is 1. The predicted molar refractivity (Wildman–Crippen MR) is 196 cm³/mol. The van der Waals surface area contributed by atoms with E-state index in [0.29, 0.717) is 47.0 Å². The fourth-order valence-electron chi connectivity index (χ4n) is 7.82. The van der Waals surface area contributed by atoms with Crippen LogP contribution in [0.4, 0.5) is 5.82 Å². The Morgan fingerprint density at radius 2 is 1.74 bits per heavy atom. The largest absolute Gasteiger partial charge is 0.381 e. The van der Waals surface area contributed by atoms with Gasteiger partial charge in [-0.15, -0.1) is 0 Å². The lowest BCUT2D eigenvalue weighted by molar-refractivity contribution is -0.138. The van der Waals surface area contributed by atoms with Crippen LogP contribution in [-0.4, -0.2) is 72.5 Å². The Morgan fingerprint density at radius 1 is 1.00 bits per heavy atom. The molecule has 0 radical (unpaired) electrons. The van der Waals surface area contributed by atoms with E-state index in [1.54, 1.807) is 22.0 Å². The van der Waals surface area contributed by atoms with E-state index in [4.69, 9.17) is 9.84 Å². The Kier molecular flexibility index (Phi) is 9.85. The predicted octanol–water partition coefficient (Wildman–Crippen LogP) is 7.02. The Morgan fingerprint density at radius 3 is 2.50 bits per heavy atom. The van der Waals surface area contributed by atoms with Crippen molar-refractivity contribution >= 4 is 50.2 Å². The number of ketones is 1. The first kappa shape index (κ1) is 34.4. The van der Waals surface area contributed by atoms with Crippen LogP contribution in [0.15, 0.2) is 41.3 Å². The van der Waals surface area contributed by atoms with Crippen LogP contribution in [0, 0.1) is 19.3 Å². The van der Waals surface area contributed by atoms with Gasteiger partial charge >= 0.3 is 0 Å². The molecule has 1 saturated heterocycles. The number of pyridine rings is 1. The van der Waals surface area contributed by atoms with Gasteiger partial charge in [-0.05, 0) is 96.8 Å². The Hall–Kier alpha value is -4.03. The number of anilines is 1. The van der Waals surface area contributed by atoms with Gasteiger partial charge in [-0.25, -0.2) is 15.0 Å². The highest BCUT2D eigenvalue weighted by molar-refractivity contribution is 9.10. The van der Waals surface area contributed by atoms with Gasteiger partial charge in [0.05, 0.1) is 12.1 Å². The van der Waals surface area contributed by atoms with Gasteiger partial charge in [0.1, 0.15) is 34.5 Å². The van der Waals surface area contributed by atoms with Crippen LogP contribution in [0.1, 0.15) is 93.6 Å². The summed E-state index contributed by atoms with van der Waals surface area (Å²) >= 11 is 3.41. The molecule has 2 aliphatic heterocycles. The van der Waals surface area contributed by atoms with Crippen molar-refractivity contribution in [3.63, 3.8) is 0 Å². The van der Waals surface area contributed by atoms with Gasteiger partial charge in [-0.3, -0.25) is 19.1 Å². The molecule has 7 rings (SSSR count). The number of carbonyl (C=O) groups is 3. The Bertz CT molecular complexity index is 1950. The van der Waals surface area contributed by atoms with Crippen LogP contribution in [0.3, 0.4) is 0 Å². The number of hydrogen-bond donors (Lipinski definition) is 1. The number of amides is 2. The summed E-state index contributed by atoms with van der Waals surface area (Å²) in [5.41, 5.74) is 4.49. The van der Waals surface area contributed by atoms with Crippen LogP contribution >= 0.6 is 15.9 Å². The number of aromatic nitrogens is 5. The van der Waals surface area contributed by atoms with Crippen LogP contribution in [0.2, 0.25) is 0 Å². The van der Waals surface area contributed by atoms with Crippen molar-refractivity contribution in [2.45, 2.75) is 104 Å². The summed E-state index contributed by atoms with van der Waals surface area (Å²) < 4.78 is 8.53. The third-order valence-electron chi connectivity index (χ3n) is 10.6. The number of carbonyl (C=O) groups excluding carboxylic acids is 3. The second kappa shape index (κ2) is 14.3. The number of aryl methyl sites for hydroxylation is 3. The number of Topliss-reactive ketones (excluding diaryl/α,β-unsaturated/α-hetero) is 1. The van der Waals surface area contributed by atoms with E-state index in [9.17, 15) is 14.4 Å². The first-order valence-electron chi connectivity index (χ1n) is 17.8. The molecule has 1 saturated carbocycles. The maximum atomic E-state index is 14.5. The quantitative estimate of drug-likeness (QED) is 0.174. The molecule has 1 aromatic carbocycles. The lowest BCUT2D eigenvalue weighted by Crippen LogP contribution is -2.47. The fraction of sp³-hybridized carbons (Fsp3) is 0.500. The number of halogens is 1. The molecule has 0 unspecified atom stereocenters. The molecule has 4 aromatic rings. The highest BCUT2D eigenvalue weighted by atomic mass is 79.9. The summed E-state index contributed by atoms with van der Waals surface area (Å²) in [5.74, 6) is 0.513. The number of nitrogens with one attached hydrogen (secondary N) is 1. The second-order valence-corrected chi connectivity index (χ2v) is 15.1. The Balaban J connectivity index is 0.00000448. The molecule has 0 spiro atoms. The van der Waals surface area contributed by atoms with E-state index >= 15 is 0 Å². The van der Waals surface area contributed by atoms with E-state index in [-0.39, 0.29) is 37.0 Å². The van der Waals surface area contributed by atoms with Crippen LogP contribution in [0.5, 0.6) is 0 Å². The zero-order valence-electron chi connectivity index (χ0n) is 29.0. The fourth-order valence-corrected chi connectivity index (χ4v) is 8.13. The standard InChI is InChI=1S/C38H44BrN7O4.H2/c1-23-12-13-32(39)42-36(23)43-37(49)30-17-38-18-31(38)46(30)33(48)21-45-35-26(11-9-7-5-4-6-8-10-14-50-22-38)15-27(28-19-40-25(3)41-20-28)16-29(35)34(44-45)24(2)47;/h12-13,15-16,19-20,30-31H,4-11,14,17-18,21-22H2,1-3H3,(H,42,43,49);1H/t30-,31+,38-;/m0./s1. The van der Waals surface area contributed by atoms with Crippen molar-refractivity contribution in [2.24, 2.45) is 5.41 Å². The molecule has 3 aromatic heterocycles. The minimum Gasteiger partial charge on any atom is -0.381 e.